The lowest BCUT2D eigenvalue weighted by Gasteiger charge is -2.28. The van der Waals surface area contributed by atoms with Crippen LogP contribution < -0.4 is 11.1 Å². The van der Waals surface area contributed by atoms with Crippen molar-refractivity contribution in [3.8, 4) is 0 Å². The van der Waals surface area contributed by atoms with E-state index in [1.807, 2.05) is 13.8 Å². The second-order valence-electron chi connectivity index (χ2n) is 5.03. The van der Waals surface area contributed by atoms with Crippen LogP contribution >= 0.6 is 0 Å². The van der Waals surface area contributed by atoms with Crippen molar-refractivity contribution in [2.45, 2.75) is 39.4 Å². The first-order valence-electron chi connectivity index (χ1n) is 6.94. The van der Waals surface area contributed by atoms with Crippen LogP contribution in [0.5, 0.6) is 0 Å². The van der Waals surface area contributed by atoms with Crippen LogP contribution in [0.4, 0.5) is 13.2 Å². The summed E-state index contributed by atoms with van der Waals surface area (Å²) in [6.07, 6.45) is -3.33. The molecule has 0 radical (unpaired) electrons. The molecule has 1 aromatic carbocycles. The van der Waals surface area contributed by atoms with E-state index in [-0.39, 0.29) is 24.6 Å². The van der Waals surface area contributed by atoms with Crippen LogP contribution in [0, 0.1) is 5.41 Å². The van der Waals surface area contributed by atoms with Crippen molar-refractivity contribution in [1.29, 1.82) is 0 Å². The normalized spacial score (nSPS) is 12.3. The number of hydrogen-bond donors (Lipinski definition) is 2. The molecular formula is C15H21F3N2O. The van der Waals surface area contributed by atoms with Gasteiger partial charge >= 0.3 is 6.18 Å². The van der Waals surface area contributed by atoms with Gasteiger partial charge in [-0.25, -0.2) is 0 Å². The van der Waals surface area contributed by atoms with Crippen LogP contribution in [-0.2, 0) is 17.5 Å². The molecule has 1 rings (SSSR count). The van der Waals surface area contributed by atoms with Crippen molar-refractivity contribution >= 4 is 5.91 Å². The van der Waals surface area contributed by atoms with Crippen LogP contribution in [0.2, 0.25) is 0 Å². The van der Waals surface area contributed by atoms with E-state index in [4.69, 9.17) is 5.73 Å². The largest absolute Gasteiger partial charge is 0.416 e. The minimum Gasteiger partial charge on any atom is -0.351 e. The fraction of sp³-hybridized carbons (Fsp3) is 0.533. The number of alkyl halides is 3. The molecule has 6 heteroatoms. The Morgan fingerprint density at radius 3 is 2.24 bits per heavy atom. The zero-order valence-corrected chi connectivity index (χ0v) is 12.3. The Kier molecular flexibility index (Phi) is 5.78. The lowest BCUT2D eigenvalue weighted by atomic mass is 9.81. The van der Waals surface area contributed by atoms with Gasteiger partial charge < -0.3 is 11.1 Å². The lowest BCUT2D eigenvalue weighted by molar-refractivity contribution is -0.139. The van der Waals surface area contributed by atoms with E-state index in [0.717, 1.165) is 6.07 Å². The Morgan fingerprint density at radius 1 is 1.19 bits per heavy atom. The fourth-order valence-corrected chi connectivity index (χ4v) is 2.27. The van der Waals surface area contributed by atoms with Gasteiger partial charge in [0.25, 0.3) is 0 Å². The third-order valence-corrected chi connectivity index (χ3v) is 3.99. The van der Waals surface area contributed by atoms with Gasteiger partial charge in [0, 0.05) is 13.1 Å². The second-order valence-corrected chi connectivity index (χ2v) is 5.03. The van der Waals surface area contributed by atoms with Crippen molar-refractivity contribution in [1.82, 2.24) is 5.32 Å². The van der Waals surface area contributed by atoms with Crippen molar-refractivity contribution in [2.24, 2.45) is 11.1 Å². The zero-order valence-electron chi connectivity index (χ0n) is 12.3. The van der Waals surface area contributed by atoms with Crippen LogP contribution in [0.15, 0.2) is 24.3 Å². The Labute approximate surface area is 122 Å². The summed E-state index contributed by atoms with van der Waals surface area (Å²) >= 11 is 0. The molecule has 0 spiro atoms. The van der Waals surface area contributed by atoms with Crippen molar-refractivity contribution in [2.75, 3.05) is 6.54 Å². The van der Waals surface area contributed by atoms with Crippen molar-refractivity contribution in [3.05, 3.63) is 35.4 Å². The highest BCUT2D eigenvalue weighted by atomic mass is 19.4. The summed E-state index contributed by atoms with van der Waals surface area (Å²) in [5.74, 6) is -0.299. The highest BCUT2D eigenvalue weighted by Crippen LogP contribution is 2.32. The Balaban J connectivity index is 2.88. The van der Waals surface area contributed by atoms with Crippen molar-refractivity contribution < 1.29 is 18.0 Å². The summed E-state index contributed by atoms with van der Waals surface area (Å²) in [6, 6.07) is 5.23. The highest BCUT2D eigenvalue weighted by molar-refractivity contribution is 5.82. The van der Waals surface area contributed by atoms with E-state index in [9.17, 15) is 18.0 Å². The molecule has 0 aliphatic rings. The number of hydrogen-bond acceptors (Lipinski definition) is 2. The Bertz CT molecular complexity index is 474. The van der Waals surface area contributed by atoms with Gasteiger partial charge in [-0.1, -0.05) is 32.0 Å². The van der Waals surface area contributed by atoms with Gasteiger partial charge in [-0.2, -0.15) is 13.2 Å². The molecule has 3 N–H and O–H groups in total. The number of carbonyl (C=O) groups is 1. The first-order valence-corrected chi connectivity index (χ1v) is 6.94. The molecule has 0 saturated carbocycles. The topological polar surface area (TPSA) is 55.1 Å². The minimum atomic E-state index is -4.43. The van der Waals surface area contributed by atoms with Crippen LogP contribution in [0.3, 0.4) is 0 Å². The van der Waals surface area contributed by atoms with Gasteiger partial charge in [0.15, 0.2) is 0 Å². The molecule has 0 aliphatic heterocycles. The Morgan fingerprint density at radius 2 is 1.76 bits per heavy atom. The molecule has 21 heavy (non-hydrogen) atoms. The SMILES string of the molecule is CCC(CC)(CN)C(=O)NCc1ccccc1C(F)(F)F. The third kappa shape index (κ3) is 3.97. The molecule has 0 bridgehead atoms. The fourth-order valence-electron chi connectivity index (χ4n) is 2.27. The van der Waals surface area contributed by atoms with Crippen molar-refractivity contribution in [3.63, 3.8) is 0 Å². The summed E-state index contributed by atoms with van der Waals surface area (Å²) in [4.78, 5) is 12.2. The van der Waals surface area contributed by atoms with E-state index in [1.165, 1.54) is 18.2 Å². The maximum absolute atomic E-state index is 12.9. The number of nitrogens with one attached hydrogen (secondary N) is 1. The maximum atomic E-state index is 12.9. The molecule has 118 valence electrons. The number of benzene rings is 1. The number of halogens is 3. The molecule has 3 nitrogen and oxygen atoms in total. The minimum absolute atomic E-state index is 0.0523. The van der Waals surface area contributed by atoms with E-state index in [2.05, 4.69) is 5.32 Å². The third-order valence-electron chi connectivity index (χ3n) is 3.99. The van der Waals surface area contributed by atoms with Gasteiger partial charge in [-0.15, -0.1) is 0 Å². The first-order chi connectivity index (χ1) is 9.80. The summed E-state index contributed by atoms with van der Waals surface area (Å²) in [5, 5.41) is 2.59. The standard InChI is InChI=1S/C15H21F3N2O/c1-3-14(4-2,10-19)13(21)20-9-11-7-5-6-8-12(11)15(16,17)18/h5-8H,3-4,9-10,19H2,1-2H3,(H,20,21). The molecule has 1 aromatic rings. The van der Waals surface area contributed by atoms with E-state index in [0.29, 0.717) is 12.8 Å². The van der Waals surface area contributed by atoms with Gasteiger partial charge in [0.05, 0.1) is 11.0 Å². The first kappa shape index (κ1) is 17.5. The summed E-state index contributed by atoms with van der Waals surface area (Å²) in [5.41, 5.74) is 4.27. The number of nitrogens with two attached hydrogens (primary N) is 1. The monoisotopic (exact) mass is 302 g/mol. The lowest BCUT2D eigenvalue weighted by Crippen LogP contribution is -2.45. The summed E-state index contributed by atoms with van der Waals surface area (Å²) < 4.78 is 38.6. The predicted octanol–water partition coefficient (Wildman–Crippen LogP) is 3.09. The predicted molar refractivity (Wildman–Crippen MR) is 75.4 cm³/mol. The van der Waals surface area contributed by atoms with E-state index < -0.39 is 17.2 Å². The van der Waals surface area contributed by atoms with E-state index in [1.54, 1.807) is 0 Å². The molecular weight excluding hydrogens is 281 g/mol. The molecule has 0 heterocycles. The quantitative estimate of drug-likeness (QED) is 0.848. The number of rotatable bonds is 6. The molecule has 1 amide bonds. The van der Waals surface area contributed by atoms with Gasteiger partial charge in [-0.05, 0) is 24.5 Å². The maximum Gasteiger partial charge on any atom is 0.416 e. The molecule has 0 fully saturated rings. The van der Waals surface area contributed by atoms with Gasteiger partial charge in [-0.3, -0.25) is 4.79 Å². The number of amides is 1. The molecule has 0 saturated heterocycles. The van der Waals surface area contributed by atoms with Gasteiger partial charge in [0.2, 0.25) is 5.91 Å². The van der Waals surface area contributed by atoms with Crippen LogP contribution in [0.1, 0.15) is 37.8 Å². The molecule has 0 aliphatic carbocycles. The summed E-state index contributed by atoms with van der Waals surface area (Å²) in [7, 11) is 0. The molecule has 0 unspecified atom stereocenters. The van der Waals surface area contributed by atoms with Crippen LogP contribution in [0.25, 0.3) is 0 Å². The number of carbonyl (C=O) groups excluding carboxylic acids is 1. The van der Waals surface area contributed by atoms with Gasteiger partial charge in [0.1, 0.15) is 0 Å². The second kappa shape index (κ2) is 6.93. The van der Waals surface area contributed by atoms with E-state index >= 15 is 0 Å². The average molecular weight is 302 g/mol. The smallest absolute Gasteiger partial charge is 0.351 e. The zero-order chi connectivity index (χ0) is 16.1. The highest BCUT2D eigenvalue weighted by Gasteiger charge is 2.35. The summed E-state index contributed by atoms with van der Waals surface area (Å²) in [6.45, 7) is 3.71. The van der Waals surface area contributed by atoms with Crippen LogP contribution in [-0.4, -0.2) is 12.5 Å². The average Bonchev–Trinajstić information content (AvgIpc) is 2.47. The molecule has 0 atom stereocenters. The Hall–Kier alpha value is -1.56. The molecule has 0 aromatic heterocycles.